The number of fused-ring (bicyclic) bond motifs is 1. The summed E-state index contributed by atoms with van der Waals surface area (Å²) >= 11 is 0. The summed E-state index contributed by atoms with van der Waals surface area (Å²) < 4.78 is 1.62. The van der Waals surface area contributed by atoms with Crippen LogP contribution in [-0.4, -0.2) is 30.9 Å². The van der Waals surface area contributed by atoms with Crippen molar-refractivity contribution in [3.8, 4) is 11.8 Å². The molecular formula is C20H16N8O. The summed E-state index contributed by atoms with van der Waals surface area (Å²) in [5, 5.41) is 23.2. The van der Waals surface area contributed by atoms with Crippen LogP contribution in [0.2, 0.25) is 0 Å². The normalized spacial score (nSPS) is 10.5. The highest BCUT2D eigenvalue weighted by Crippen LogP contribution is 2.19. The summed E-state index contributed by atoms with van der Waals surface area (Å²) in [6, 6.07) is 16.8. The predicted octanol–water partition coefficient (Wildman–Crippen LogP) is 2.46. The average molecular weight is 384 g/mol. The third-order valence-electron chi connectivity index (χ3n) is 4.14. The SMILES string of the molecule is CC(=O)NCc1cccc(-n2nnc3cnc(Nc4cccc(C#N)c4)nc32)c1. The monoisotopic (exact) mass is 384 g/mol. The molecule has 0 aliphatic rings. The van der Waals surface area contributed by atoms with E-state index in [2.05, 4.69) is 37.0 Å². The largest absolute Gasteiger partial charge is 0.352 e. The van der Waals surface area contributed by atoms with Crippen LogP contribution in [0.3, 0.4) is 0 Å². The van der Waals surface area contributed by atoms with Crippen molar-refractivity contribution in [3.63, 3.8) is 0 Å². The van der Waals surface area contributed by atoms with Gasteiger partial charge in [-0.3, -0.25) is 4.79 Å². The molecule has 9 nitrogen and oxygen atoms in total. The third-order valence-corrected chi connectivity index (χ3v) is 4.14. The third kappa shape index (κ3) is 4.01. The molecule has 0 aliphatic carbocycles. The molecule has 29 heavy (non-hydrogen) atoms. The average Bonchev–Trinajstić information content (AvgIpc) is 3.16. The molecule has 9 heteroatoms. The fourth-order valence-corrected chi connectivity index (χ4v) is 2.78. The van der Waals surface area contributed by atoms with Gasteiger partial charge in [-0.2, -0.15) is 14.9 Å². The second-order valence-electron chi connectivity index (χ2n) is 6.30. The Hall–Kier alpha value is -4.32. The van der Waals surface area contributed by atoms with E-state index in [1.165, 1.54) is 6.92 Å². The zero-order valence-electron chi connectivity index (χ0n) is 15.5. The van der Waals surface area contributed by atoms with Crippen molar-refractivity contribution >= 4 is 28.7 Å². The summed E-state index contributed by atoms with van der Waals surface area (Å²) in [6.45, 7) is 1.90. The van der Waals surface area contributed by atoms with E-state index in [1.807, 2.05) is 30.3 Å². The van der Waals surface area contributed by atoms with Crippen molar-refractivity contribution in [1.82, 2.24) is 30.3 Å². The minimum atomic E-state index is -0.0921. The van der Waals surface area contributed by atoms with Crippen LogP contribution in [-0.2, 0) is 11.3 Å². The topological polar surface area (TPSA) is 121 Å². The lowest BCUT2D eigenvalue weighted by Crippen LogP contribution is -2.18. The number of nitriles is 1. The van der Waals surface area contributed by atoms with Crippen LogP contribution in [0, 0.1) is 11.3 Å². The van der Waals surface area contributed by atoms with Gasteiger partial charge in [-0.15, -0.1) is 5.10 Å². The van der Waals surface area contributed by atoms with Gasteiger partial charge in [0.25, 0.3) is 0 Å². The maximum atomic E-state index is 11.2. The van der Waals surface area contributed by atoms with Crippen LogP contribution < -0.4 is 10.6 Å². The minimum Gasteiger partial charge on any atom is -0.352 e. The molecule has 4 aromatic rings. The minimum absolute atomic E-state index is 0.0921. The molecule has 0 bridgehead atoms. The fraction of sp³-hybridized carbons (Fsp3) is 0.100. The first-order valence-electron chi connectivity index (χ1n) is 8.82. The van der Waals surface area contributed by atoms with Gasteiger partial charge in [0.05, 0.1) is 23.5 Å². The Morgan fingerprint density at radius 3 is 2.90 bits per heavy atom. The molecule has 1 amide bonds. The molecule has 2 aromatic heterocycles. The molecule has 142 valence electrons. The summed E-state index contributed by atoms with van der Waals surface area (Å²) in [5.41, 5.74) is 4.04. The Bertz CT molecular complexity index is 1240. The summed E-state index contributed by atoms with van der Waals surface area (Å²) in [5.74, 6) is 0.274. The lowest BCUT2D eigenvalue weighted by molar-refractivity contribution is -0.119. The number of anilines is 2. The molecule has 2 aromatic carbocycles. The Labute approximate surface area is 166 Å². The molecule has 0 saturated heterocycles. The number of hydrogen-bond acceptors (Lipinski definition) is 7. The first-order valence-corrected chi connectivity index (χ1v) is 8.82. The van der Waals surface area contributed by atoms with E-state index < -0.39 is 0 Å². The maximum absolute atomic E-state index is 11.2. The number of aromatic nitrogens is 5. The van der Waals surface area contributed by atoms with Crippen LogP contribution in [0.5, 0.6) is 0 Å². The number of benzene rings is 2. The van der Waals surface area contributed by atoms with Gasteiger partial charge in [0.2, 0.25) is 11.9 Å². The van der Waals surface area contributed by atoms with Crippen LogP contribution in [0.15, 0.2) is 54.7 Å². The molecule has 2 heterocycles. The number of nitrogens with one attached hydrogen (secondary N) is 2. The number of amides is 1. The van der Waals surface area contributed by atoms with E-state index in [1.54, 1.807) is 29.1 Å². The Morgan fingerprint density at radius 1 is 1.21 bits per heavy atom. The number of carbonyl (C=O) groups excluding carboxylic acids is 1. The molecule has 0 spiro atoms. The molecule has 0 aliphatic heterocycles. The van der Waals surface area contributed by atoms with Crippen LogP contribution in [0.1, 0.15) is 18.1 Å². The molecule has 0 fully saturated rings. The Morgan fingerprint density at radius 2 is 2.07 bits per heavy atom. The standard InChI is InChI=1S/C20H16N8O/c1-13(29)22-11-15-5-3-7-17(9-15)28-19-18(26-27-28)12-23-20(25-19)24-16-6-2-4-14(8-16)10-21/h2-9,12H,11H2,1H3,(H,22,29)(H,23,24,25). The van der Waals surface area contributed by atoms with Gasteiger partial charge >= 0.3 is 0 Å². The molecule has 0 saturated carbocycles. The lowest BCUT2D eigenvalue weighted by Gasteiger charge is -2.07. The van der Waals surface area contributed by atoms with E-state index in [0.717, 1.165) is 11.3 Å². The van der Waals surface area contributed by atoms with Gasteiger partial charge in [0.15, 0.2) is 11.2 Å². The van der Waals surface area contributed by atoms with Gasteiger partial charge in [0.1, 0.15) is 0 Å². The van der Waals surface area contributed by atoms with E-state index in [4.69, 9.17) is 5.26 Å². The number of rotatable bonds is 5. The maximum Gasteiger partial charge on any atom is 0.229 e. The van der Waals surface area contributed by atoms with Crippen molar-refractivity contribution in [1.29, 1.82) is 5.26 Å². The summed E-state index contributed by atoms with van der Waals surface area (Å²) in [6.07, 6.45) is 1.59. The van der Waals surface area contributed by atoms with Crippen molar-refractivity contribution in [3.05, 3.63) is 65.9 Å². The molecule has 0 radical (unpaired) electrons. The van der Waals surface area contributed by atoms with Crippen molar-refractivity contribution in [2.45, 2.75) is 13.5 Å². The Kier molecular flexibility index (Phi) is 4.82. The van der Waals surface area contributed by atoms with Gasteiger partial charge < -0.3 is 10.6 Å². The van der Waals surface area contributed by atoms with Gasteiger partial charge in [-0.1, -0.05) is 23.4 Å². The summed E-state index contributed by atoms with van der Waals surface area (Å²) in [4.78, 5) is 19.9. The molecule has 0 unspecified atom stereocenters. The second kappa shape index (κ2) is 7.74. The highest BCUT2D eigenvalue weighted by molar-refractivity contribution is 5.73. The first kappa shape index (κ1) is 18.1. The van der Waals surface area contributed by atoms with Gasteiger partial charge in [0, 0.05) is 19.2 Å². The lowest BCUT2D eigenvalue weighted by atomic mass is 10.2. The Balaban J connectivity index is 1.66. The van der Waals surface area contributed by atoms with Crippen molar-refractivity contribution < 1.29 is 4.79 Å². The van der Waals surface area contributed by atoms with Gasteiger partial charge in [-0.05, 0) is 35.9 Å². The number of carbonyl (C=O) groups is 1. The van der Waals surface area contributed by atoms with E-state index in [9.17, 15) is 4.79 Å². The van der Waals surface area contributed by atoms with E-state index >= 15 is 0 Å². The van der Waals surface area contributed by atoms with E-state index in [0.29, 0.717) is 34.9 Å². The smallest absolute Gasteiger partial charge is 0.229 e. The first-order chi connectivity index (χ1) is 14.1. The molecular weight excluding hydrogens is 368 g/mol. The molecule has 0 atom stereocenters. The van der Waals surface area contributed by atoms with Crippen molar-refractivity contribution in [2.75, 3.05) is 5.32 Å². The van der Waals surface area contributed by atoms with Crippen molar-refractivity contribution in [2.24, 2.45) is 0 Å². The van der Waals surface area contributed by atoms with Crippen LogP contribution >= 0.6 is 0 Å². The van der Waals surface area contributed by atoms with E-state index in [-0.39, 0.29) is 5.91 Å². The molecule has 4 rings (SSSR count). The zero-order valence-corrected chi connectivity index (χ0v) is 15.5. The second-order valence-corrected chi connectivity index (χ2v) is 6.30. The summed E-state index contributed by atoms with van der Waals surface area (Å²) in [7, 11) is 0. The van der Waals surface area contributed by atoms with Crippen LogP contribution in [0.25, 0.3) is 16.9 Å². The zero-order chi connectivity index (χ0) is 20.2. The number of nitrogens with zero attached hydrogens (tertiary/aromatic N) is 6. The molecule has 2 N–H and O–H groups in total. The predicted molar refractivity (Wildman–Crippen MR) is 106 cm³/mol. The van der Waals surface area contributed by atoms with Crippen LogP contribution in [0.4, 0.5) is 11.6 Å². The number of hydrogen-bond donors (Lipinski definition) is 2. The highest BCUT2D eigenvalue weighted by Gasteiger charge is 2.11. The highest BCUT2D eigenvalue weighted by atomic mass is 16.1. The quantitative estimate of drug-likeness (QED) is 0.542. The van der Waals surface area contributed by atoms with Gasteiger partial charge in [-0.25, -0.2) is 4.98 Å². The fourth-order valence-electron chi connectivity index (χ4n) is 2.78.